The summed E-state index contributed by atoms with van der Waals surface area (Å²) in [5.74, 6) is -1.84. The lowest BCUT2D eigenvalue weighted by Gasteiger charge is -2.25. The number of rotatable bonds is 19. The molecule has 0 bridgehead atoms. The number of carbonyl (C=O) groups is 4. The molecule has 2 aromatic carbocycles. The predicted molar refractivity (Wildman–Crippen MR) is 176 cm³/mol. The number of amides is 2. The normalized spacial score (nSPS) is 13.8. The molecule has 240 valence electrons. The summed E-state index contributed by atoms with van der Waals surface area (Å²) in [5, 5.41) is 5.83. The molecule has 1 aromatic heterocycles. The molecule has 0 saturated heterocycles. The lowest BCUT2D eigenvalue weighted by Crippen LogP contribution is -2.51. The molecule has 45 heavy (non-hydrogen) atoms. The van der Waals surface area contributed by atoms with Crippen LogP contribution < -0.4 is 22.1 Å². The fourth-order valence-corrected chi connectivity index (χ4v) is 5.34. The third-order valence-electron chi connectivity index (χ3n) is 7.74. The number of nitrogens with zero attached hydrogens (tertiary/aromatic N) is 1. The van der Waals surface area contributed by atoms with E-state index < -0.39 is 30.0 Å². The van der Waals surface area contributed by atoms with Crippen molar-refractivity contribution in [3.8, 4) is 0 Å². The SMILES string of the molecule is CC(C)C[C@@H](CC(=O)[C@@H](Cc1ccccc1)NC(=O)[C@H](N)Cc1ccccc1)C(=O)N[C@H](CCCCN)C(=O)c1ccncc1. The summed E-state index contributed by atoms with van der Waals surface area (Å²) in [6.45, 7) is 4.45. The van der Waals surface area contributed by atoms with E-state index in [1.165, 1.54) is 0 Å². The number of nitrogens with one attached hydrogen (secondary N) is 2. The van der Waals surface area contributed by atoms with Crippen LogP contribution >= 0.6 is 0 Å². The number of pyridine rings is 1. The molecule has 0 aliphatic heterocycles. The van der Waals surface area contributed by atoms with E-state index in [-0.39, 0.29) is 36.2 Å². The number of hydrogen-bond acceptors (Lipinski definition) is 7. The molecular formula is C36H47N5O4. The first kappa shape index (κ1) is 35.3. The average Bonchev–Trinajstić information content (AvgIpc) is 3.04. The number of nitrogens with two attached hydrogens (primary N) is 2. The van der Waals surface area contributed by atoms with Crippen molar-refractivity contribution in [2.24, 2.45) is 23.3 Å². The monoisotopic (exact) mass is 613 g/mol. The number of ketones is 2. The molecule has 9 nitrogen and oxygen atoms in total. The van der Waals surface area contributed by atoms with Gasteiger partial charge in [0, 0.05) is 30.3 Å². The lowest BCUT2D eigenvalue weighted by atomic mass is 9.87. The summed E-state index contributed by atoms with van der Waals surface area (Å²) in [7, 11) is 0. The molecule has 0 radical (unpaired) electrons. The molecule has 0 unspecified atom stereocenters. The van der Waals surface area contributed by atoms with Crippen molar-refractivity contribution < 1.29 is 19.2 Å². The van der Waals surface area contributed by atoms with Crippen LogP contribution in [-0.2, 0) is 27.2 Å². The minimum Gasteiger partial charge on any atom is -0.346 e. The molecule has 3 rings (SSSR count). The van der Waals surface area contributed by atoms with E-state index in [4.69, 9.17) is 11.5 Å². The largest absolute Gasteiger partial charge is 0.346 e. The van der Waals surface area contributed by atoms with E-state index in [9.17, 15) is 19.2 Å². The van der Waals surface area contributed by atoms with Gasteiger partial charge in [0.15, 0.2) is 11.6 Å². The van der Waals surface area contributed by atoms with Gasteiger partial charge >= 0.3 is 0 Å². The number of unbranched alkanes of at least 4 members (excludes halogenated alkanes) is 1. The van der Waals surface area contributed by atoms with Crippen LogP contribution in [0.3, 0.4) is 0 Å². The summed E-state index contributed by atoms with van der Waals surface area (Å²) in [6, 6.07) is 19.7. The van der Waals surface area contributed by atoms with Crippen LogP contribution in [0.1, 0.15) is 67.4 Å². The quantitative estimate of drug-likeness (QED) is 0.118. The highest BCUT2D eigenvalue weighted by atomic mass is 16.2. The molecule has 4 atom stereocenters. The summed E-state index contributed by atoms with van der Waals surface area (Å²) < 4.78 is 0. The van der Waals surface area contributed by atoms with Crippen LogP contribution in [0.15, 0.2) is 85.2 Å². The van der Waals surface area contributed by atoms with Crippen LogP contribution in [0.5, 0.6) is 0 Å². The highest BCUT2D eigenvalue weighted by Crippen LogP contribution is 2.20. The molecule has 1 heterocycles. The Bertz CT molecular complexity index is 1350. The third kappa shape index (κ3) is 12.0. The Morgan fingerprint density at radius 1 is 0.756 bits per heavy atom. The summed E-state index contributed by atoms with van der Waals surface area (Å²) in [5.41, 5.74) is 14.2. The maximum absolute atomic E-state index is 13.9. The maximum atomic E-state index is 13.9. The van der Waals surface area contributed by atoms with Crippen molar-refractivity contribution in [3.05, 3.63) is 102 Å². The number of carbonyl (C=O) groups excluding carboxylic acids is 4. The smallest absolute Gasteiger partial charge is 0.237 e. The lowest BCUT2D eigenvalue weighted by molar-refractivity contribution is -0.132. The first-order chi connectivity index (χ1) is 21.7. The van der Waals surface area contributed by atoms with Gasteiger partial charge < -0.3 is 22.1 Å². The van der Waals surface area contributed by atoms with Gasteiger partial charge in [-0.05, 0) is 74.2 Å². The number of aromatic nitrogens is 1. The molecule has 0 fully saturated rings. The van der Waals surface area contributed by atoms with Crippen molar-refractivity contribution in [1.29, 1.82) is 0 Å². The molecule has 0 saturated carbocycles. The first-order valence-electron chi connectivity index (χ1n) is 15.8. The van der Waals surface area contributed by atoms with Gasteiger partial charge in [-0.2, -0.15) is 0 Å². The van der Waals surface area contributed by atoms with Crippen LogP contribution in [-0.4, -0.2) is 53.0 Å². The van der Waals surface area contributed by atoms with Gasteiger partial charge in [0.25, 0.3) is 0 Å². The second-order valence-electron chi connectivity index (χ2n) is 12.0. The summed E-state index contributed by atoms with van der Waals surface area (Å²) in [4.78, 5) is 58.2. The number of benzene rings is 2. The van der Waals surface area contributed by atoms with Crippen LogP contribution in [0.2, 0.25) is 0 Å². The maximum Gasteiger partial charge on any atom is 0.237 e. The Kier molecular flexibility index (Phi) is 14.6. The Hall–Kier alpha value is -4.21. The van der Waals surface area contributed by atoms with Crippen molar-refractivity contribution >= 4 is 23.4 Å². The fraction of sp³-hybridized carbons (Fsp3) is 0.417. The van der Waals surface area contributed by atoms with Crippen molar-refractivity contribution in [3.63, 3.8) is 0 Å². The predicted octanol–water partition coefficient (Wildman–Crippen LogP) is 3.80. The molecule has 0 aliphatic rings. The highest BCUT2D eigenvalue weighted by Gasteiger charge is 2.32. The standard InChI is InChI=1S/C36H47N5O4/c1-25(2)21-29(35(44)40-31(15-9-10-18-37)34(43)28-16-19-39-20-17-28)24-33(42)32(23-27-13-7-4-8-14-27)41-36(45)30(38)22-26-11-5-3-6-12-26/h3-8,11-14,16-17,19-20,25,29-32H,9-10,15,18,21-24,37-38H2,1-2H3,(H,40,44)(H,41,45)/t29-,30+,31+,32+/m0/s1. The van der Waals surface area contributed by atoms with Gasteiger partial charge in [-0.1, -0.05) is 74.5 Å². The molecule has 3 aromatic rings. The zero-order valence-electron chi connectivity index (χ0n) is 26.4. The van der Waals surface area contributed by atoms with Gasteiger partial charge in [-0.3, -0.25) is 24.2 Å². The molecule has 6 N–H and O–H groups in total. The van der Waals surface area contributed by atoms with E-state index in [1.807, 2.05) is 74.5 Å². The molecule has 0 aliphatic carbocycles. The third-order valence-corrected chi connectivity index (χ3v) is 7.74. The second-order valence-corrected chi connectivity index (χ2v) is 12.0. The van der Waals surface area contributed by atoms with E-state index in [0.29, 0.717) is 37.8 Å². The van der Waals surface area contributed by atoms with E-state index in [2.05, 4.69) is 15.6 Å². The zero-order chi connectivity index (χ0) is 32.6. The number of Topliss-reactive ketones (excluding diaryl/α,β-unsaturated/α-hetero) is 2. The minimum absolute atomic E-state index is 0.0886. The van der Waals surface area contributed by atoms with Gasteiger partial charge in [-0.15, -0.1) is 0 Å². The molecule has 0 spiro atoms. The van der Waals surface area contributed by atoms with Crippen molar-refractivity contribution in [2.75, 3.05) is 6.54 Å². The zero-order valence-corrected chi connectivity index (χ0v) is 26.4. The first-order valence-corrected chi connectivity index (χ1v) is 15.8. The fourth-order valence-electron chi connectivity index (χ4n) is 5.34. The van der Waals surface area contributed by atoms with E-state index in [1.54, 1.807) is 24.5 Å². The molecule has 9 heteroatoms. The van der Waals surface area contributed by atoms with Gasteiger partial charge in [0.1, 0.15) is 0 Å². The van der Waals surface area contributed by atoms with Crippen molar-refractivity contribution in [1.82, 2.24) is 15.6 Å². The summed E-state index contributed by atoms with van der Waals surface area (Å²) >= 11 is 0. The van der Waals surface area contributed by atoms with Crippen LogP contribution in [0.4, 0.5) is 0 Å². The molecular weight excluding hydrogens is 566 g/mol. The molecule has 2 amide bonds. The number of hydrogen-bond donors (Lipinski definition) is 4. The Balaban J connectivity index is 1.78. The van der Waals surface area contributed by atoms with Crippen molar-refractivity contribution in [2.45, 2.75) is 76.9 Å². The van der Waals surface area contributed by atoms with Gasteiger partial charge in [0.05, 0.1) is 18.1 Å². The topological polar surface area (TPSA) is 157 Å². The van der Waals surface area contributed by atoms with E-state index in [0.717, 1.165) is 17.5 Å². The highest BCUT2D eigenvalue weighted by molar-refractivity contribution is 6.02. The Morgan fingerprint density at radius 3 is 1.91 bits per heavy atom. The Labute approximate surface area is 266 Å². The van der Waals surface area contributed by atoms with Crippen LogP contribution in [0.25, 0.3) is 0 Å². The Morgan fingerprint density at radius 2 is 1.33 bits per heavy atom. The second kappa shape index (κ2) is 18.6. The van der Waals surface area contributed by atoms with E-state index >= 15 is 0 Å². The summed E-state index contributed by atoms with van der Waals surface area (Å²) in [6.07, 6.45) is 5.84. The van der Waals surface area contributed by atoms with Crippen LogP contribution in [0, 0.1) is 11.8 Å². The van der Waals surface area contributed by atoms with Gasteiger partial charge in [-0.25, -0.2) is 0 Å². The average molecular weight is 614 g/mol. The van der Waals surface area contributed by atoms with Gasteiger partial charge in [0.2, 0.25) is 11.8 Å². The minimum atomic E-state index is -0.872.